The van der Waals surface area contributed by atoms with Crippen molar-refractivity contribution in [2.24, 2.45) is 0 Å². The molecular formula is C10H11ClF3NO2S2. The summed E-state index contributed by atoms with van der Waals surface area (Å²) < 4.78 is 36.0. The van der Waals surface area contributed by atoms with Crippen LogP contribution in [0.1, 0.15) is 11.0 Å². The Kier molecular flexibility index (Phi) is 6.45. The van der Waals surface area contributed by atoms with E-state index in [-0.39, 0.29) is 12.3 Å². The maximum Gasteiger partial charge on any atom is 0.397 e. The van der Waals surface area contributed by atoms with Crippen LogP contribution in [0.4, 0.5) is 13.2 Å². The minimum absolute atomic E-state index is 0.0533. The molecule has 0 aromatic carbocycles. The molecule has 9 heteroatoms. The Balaban J connectivity index is 2.23. The molecule has 0 bridgehead atoms. The molecular weight excluding hydrogens is 323 g/mol. The van der Waals surface area contributed by atoms with Crippen LogP contribution in [0, 0.1) is 0 Å². The van der Waals surface area contributed by atoms with Crippen molar-refractivity contribution in [2.75, 3.05) is 18.1 Å². The minimum atomic E-state index is -4.28. The lowest BCUT2D eigenvalue weighted by Gasteiger charge is -2.10. The van der Waals surface area contributed by atoms with Crippen molar-refractivity contribution in [2.45, 2.75) is 12.3 Å². The Labute approximate surface area is 121 Å². The highest BCUT2D eigenvalue weighted by Gasteiger charge is 2.27. The standard InChI is InChI=1S/C10H11ClF3NO2S2/c11-8-2-1-7(19-8)6(16)3-15-9(17)4-18-5-10(12,13)14/h1-2,6,16H,3-5H2,(H,15,17). The normalized spacial score (nSPS) is 13.3. The third-order valence-corrected chi connectivity index (χ3v) is 4.24. The van der Waals surface area contributed by atoms with Crippen LogP contribution in [-0.4, -0.2) is 35.2 Å². The molecule has 0 spiro atoms. The van der Waals surface area contributed by atoms with E-state index in [2.05, 4.69) is 5.32 Å². The van der Waals surface area contributed by atoms with E-state index in [4.69, 9.17) is 11.6 Å². The number of aliphatic hydroxyl groups is 1. The first-order valence-corrected chi connectivity index (χ1v) is 7.47. The summed E-state index contributed by atoms with van der Waals surface area (Å²) >= 11 is 7.35. The maximum absolute atomic E-state index is 11.8. The number of aliphatic hydroxyl groups excluding tert-OH is 1. The molecule has 0 radical (unpaired) electrons. The van der Waals surface area contributed by atoms with E-state index in [0.29, 0.717) is 21.0 Å². The van der Waals surface area contributed by atoms with Gasteiger partial charge in [-0.3, -0.25) is 4.79 Å². The molecule has 0 fully saturated rings. The molecule has 19 heavy (non-hydrogen) atoms. The van der Waals surface area contributed by atoms with Crippen LogP contribution in [0.3, 0.4) is 0 Å². The first-order chi connectivity index (χ1) is 8.78. The minimum Gasteiger partial charge on any atom is -0.386 e. The number of thioether (sulfide) groups is 1. The smallest absolute Gasteiger partial charge is 0.386 e. The summed E-state index contributed by atoms with van der Waals surface area (Å²) in [7, 11) is 0. The van der Waals surface area contributed by atoms with Gasteiger partial charge in [-0.1, -0.05) is 11.6 Å². The summed E-state index contributed by atoms with van der Waals surface area (Å²) in [6.45, 7) is -0.0533. The highest BCUT2D eigenvalue weighted by Crippen LogP contribution is 2.26. The van der Waals surface area contributed by atoms with Crippen LogP contribution in [0.5, 0.6) is 0 Å². The van der Waals surface area contributed by atoms with Crippen molar-refractivity contribution in [1.29, 1.82) is 0 Å². The fraction of sp³-hybridized carbons (Fsp3) is 0.500. The highest BCUT2D eigenvalue weighted by atomic mass is 35.5. The first kappa shape index (κ1) is 16.6. The van der Waals surface area contributed by atoms with Gasteiger partial charge in [0.15, 0.2) is 0 Å². The second-order valence-corrected chi connectivity index (χ2v) is 6.30. The Morgan fingerprint density at radius 1 is 1.53 bits per heavy atom. The molecule has 1 amide bonds. The van der Waals surface area contributed by atoms with Crippen LogP contribution in [0.2, 0.25) is 4.34 Å². The Hall–Kier alpha value is -0.440. The average Bonchev–Trinajstić information content (AvgIpc) is 2.71. The van der Waals surface area contributed by atoms with Crippen LogP contribution in [0.25, 0.3) is 0 Å². The van der Waals surface area contributed by atoms with Crippen LogP contribution < -0.4 is 5.32 Å². The lowest BCUT2D eigenvalue weighted by atomic mass is 10.3. The average molecular weight is 334 g/mol. The topological polar surface area (TPSA) is 49.3 Å². The molecule has 2 N–H and O–H groups in total. The largest absolute Gasteiger partial charge is 0.397 e. The SMILES string of the molecule is O=C(CSCC(F)(F)F)NCC(O)c1ccc(Cl)s1. The molecule has 3 nitrogen and oxygen atoms in total. The molecule has 0 aliphatic rings. The molecule has 0 saturated heterocycles. The number of alkyl halides is 3. The van der Waals surface area contributed by atoms with Crippen LogP contribution in [0.15, 0.2) is 12.1 Å². The fourth-order valence-electron chi connectivity index (χ4n) is 1.13. The first-order valence-electron chi connectivity index (χ1n) is 5.12. The number of hydrogen-bond acceptors (Lipinski definition) is 4. The predicted molar refractivity (Wildman–Crippen MR) is 70.7 cm³/mol. The summed E-state index contributed by atoms with van der Waals surface area (Å²) in [6, 6.07) is 3.24. The Morgan fingerprint density at radius 2 is 2.21 bits per heavy atom. The number of carbonyl (C=O) groups excluding carboxylic acids is 1. The molecule has 1 unspecified atom stereocenters. The van der Waals surface area contributed by atoms with Gasteiger partial charge in [0.05, 0.1) is 15.8 Å². The van der Waals surface area contributed by atoms with Crippen LogP contribution in [-0.2, 0) is 4.79 Å². The summed E-state index contributed by atoms with van der Waals surface area (Å²) in [5.74, 6) is -1.91. The summed E-state index contributed by atoms with van der Waals surface area (Å²) in [4.78, 5) is 11.8. The quantitative estimate of drug-likeness (QED) is 0.841. The van der Waals surface area contributed by atoms with Crippen molar-refractivity contribution in [3.05, 3.63) is 21.3 Å². The molecule has 1 aromatic heterocycles. The molecule has 0 aliphatic carbocycles. The Morgan fingerprint density at radius 3 is 2.74 bits per heavy atom. The second-order valence-electron chi connectivity index (χ2n) is 3.57. The van der Waals surface area contributed by atoms with Gasteiger partial charge in [-0.2, -0.15) is 13.2 Å². The van der Waals surface area contributed by atoms with Gasteiger partial charge in [-0.05, 0) is 12.1 Å². The van der Waals surface area contributed by atoms with Gasteiger partial charge in [0.2, 0.25) is 5.91 Å². The van der Waals surface area contributed by atoms with E-state index in [1.54, 1.807) is 12.1 Å². The number of carbonyl (C=O) groups is 1. The van der Waals surface area contributed by atoms with Crippen LogP contribution >= 0.6 is 34.7 Å². The second kappa shape index (κ2) is 7.37. The molecule has 1 aromatic rings. The van der Waals surface area contributed by atoms with Gasteiger partial charge in [0, 0.05) is 11.4 Å². The predicted octanol–water partition coefficient (Wildman–Crippen LogP) is 2.85. The molecule has 1 atom stereocenters. The monoisotopic (exact) mass is 333 g/mol. The van der Waals surface area contributed by atoms with E-state index in [1.807, 2.05) is 0 Å². The van der Waals surface area contributed by atoms with Crippen molar-refractivity contribution in [1.82, 2.24) is 5.32 Å². The van der Waals surface area contributed by atoms with Gasteiger partial charge in [0.1, 0.15) is 6.10 Å². The summed E-state index contributed by atoms with van der Waals surface area (Å²) in [5.41, 5.74) is 0. The number of rotatable bonds is 6. The van der Waals surface area contributed by atoms with Crippen molar-refractivity contribution >= 4 is 40.6 Å². The van der Waals surface area contributed by atoms with E-state index in [1.165, 1.54) is 11.3 Å². The van der Waals surface area contributed by atoms with E-state index in [0.717, 1.165) is 0 Å². The van der Waals surface area contributed by atoms with Crippen molar-refractivity contribution in [3.8, 4) is 0 Å². The fourth-order valence-corrected chi connectivity index (χ4v) is 2.80. The molecule has 1 heterocycles. The molecule has 0 saturated carbocycles. The number of amides is 1. The van der Waals surface area contributed by atoms with E-state index < -0.39 is 23.9 Å². The van der Waals surface area contributed by atoms with Gasteiger partial charge in [0.25, 0.3) is 0 Å². The third-order valence-electron chi connectivity index (χ3n) is 1.91. The summed E-state index contributed by atoms with van der Waals surface area (Å²) in [6.07, 6.45) is -5.19. The number of hydrogen-bond donors (Lipinski definition) is 2. The van der Waals surface area contributed by atoms with Gasteiger partial charge in [-0.15, -0.1) is 23.1 Å². The Bertz CT molecular complexity index is 425. The van der Waals surface area contributed by atoms with Gasteiger partial charge >= 0.3 is 6.18 Å². The van der Waals surface area contributed by atoms with Crippen molar-refractivity contribution < 1.29 is 23.1 Å². The van der Waals surface area contributed by atoms with Gasteiger partial charge in [-0.25, -0.2) is 0 Å². The highest BCUT2D eigenvalue weighted by molar-refractivity contribution is 8.00. The number of thiophene rings is 1. The van der Waals surface area contributed by atoms with E-state index in [9.17, 15) is 23.1 Å². The lowest BCUT2D eigenvalue weighted by Crippen LogP contribution is -2.30. The number of halogens is 4. The lowest BCUT2D eigenvalue weighted by molar-refractivity contribution is -0.119. The number of nitrogens with one attached hydrogen (secondary N) is 1. The molecule has 0 aliphatic heterocycles. The molecule has 108 valence electrons. The summed E-state index contributed by atoms with van der Waals surface area (Å²) in [5, 5.41) is 12.1. The van der Waals surface area contributed by atoms with E-state index >= 15 is 0 Å². The zero-order valence-corrected chi connectivity index (χ0v) is 11.9. The van der Waals surface area contributed by atoms with Gasteiger partial charge < -0.3 is 10.4 Å². The zero-order valence-electron chi connectivity index (χ0n) is 9.54. The zero-order chi connectivity index (χ0) is 14.5. The van der Waals surface area contributed by atoms with Crippen molar-refractivity contribution in [3.63, 3.8) is 0 Å². The molecule has 1 rings (SSSR count). The maximum atomic E-state index is 11.8. The third kappa shape index (κ3) is 7.05.